The van der Waals surface area contributed by atoms with Gasteiger partial charge in [-0.15, -0.1) is 10.2 Å². The highest BCUT2D eigenvalue weighted by Gasteiger charge is 2.40. The van der Waals surface area contributed by atoms with Gasteiger partial charge in [-0.3, -0.25) is 14.9 Å². The van der Waals surface area contributed by atoms with Gasteiger partial charge in [0, 0.05) is 29.5 Å². The highest BCUT2D eigenvalue weighted by Crippen LogP contribution is 2.35. The molecule has 0 saturated carbocycles. The molecule has 1 saturated heterocycles. The van der Waals surface area contributed by atoms with Gasteiger partial charge in [-0.2, -0.15) is 0 Å². The van der Waals surface area contributed by atoms with Gasteiger partial charge in [-0.1, -0.05) is 53.3 Å². The number of aromatic nitrogens is 2. The van der Waals surface area contributed by atoms with Crippen LogP contribution >= 0.6 is 22.9 Å². The average molecular weight is 599 g/mol. The molecule has 2 amide bonds. The summed E-state index contributed by atoms with van der Waals surface area (Å²) >= 11 is 6.99. The second kappa shape index (κ2) is 11.6. The van der Waals surface area contributed by atoms with Gasteiger partial charge in [0.25, 0.3) is 15.9 Å². The molecule has 13 heteroatoms. The molecule has 4 aromatic rings. The summed E-state index contributed by atoms with van der Waals surface area (Å²) in [7, 11) is -2.98. The fourth-order valence-electron chi connectivity index (χ4n) is 4.21. The summed E-state index contributed by atoms with van der Waals surface area (Å²) in [6.07, 6.45) is 0.0624. The van der Waals surface area contributed by atoms with Crippen molar-refractivity contribution < 1.29 is 27.5 Å². The zero-order valence-electron chi connectivity index (χ0n) is 21.1. The molecule has 10 nitrogen and oxygen atoms in total. The number of carbonyl (C=O) groups is 2. The predicted molar refractivity (Wildman–Crippen MR) is 149 cm³/mol. The number of hydrogen-bond donors (Lipinski definition) is 1. The largest absolute Gasteiger partial charge is 0.495 e. The van der Waals surface area contributed by atoms with Crippen molar-refractivity contribution in [2.75, 3.05) is 19.0 Å². The molecule has 1 atom stereocenters. The van der Waals surface area contributed by atoms with Gasteiger partial charge in [0.2, 0.25) is 11.0 Å². The van der Waals surface area contributed by atoms with Crippen molar-refractivity contribution >= 4 is 49.9 Å². The summed E-state index contributed by atoms with van der Waals surface area (Å²) in [5.41, 5.74) is 0.920. The normalized spacial score (nSPS) is 15.2. The number of hydrogen-bond acceptors (Lipinski definition) is 9. The summed E-state index contributed by atoms with van der Waals surface area (Å²) in [5, 5.41) is 11.9. The van der Waals surface area contributed by atoms with Crippen LogP contribution in [0.15, 0.2) is 77.7 Å². The molecule has 0 spiro atoms. The van der Waals surface area contributed by atoms with E-state index < -0.39 is 21.8 Å². The lowest BCUT2D eigenvalue weighted by atomic mass is 9.99. The molecule has 0 aliphatic carbocycles. The maximum atomic E-state index is 13.6. The van der Waals surface area contributed by atoms with Crippen LogP contribution in [0.1, 0.15) is 33.3 Å². The van der Waals surface area contributed by atoms with Crippen LogP contribution in [-0.4, -0.2) is 48.4 Å². The number of sulfonamides is 1. The third kappa shape index (κ3) is 5.93. The Labute approximate surface area is 239 Å². The molecule has 0 unspecified atom stereocenters. The Kier molecular flexibility index (Phi) is 8.01. The zero-order chi connectivity index (χ0) is 28.3. The maximum absolute atomic E-state index is 13.6. The lowest BCUT2D eigenvalue weighted by Crippen LogP contribution is -2.32. The van der Waals surface area contributed by atoms with Crippen LogP contribution in [0.5, 0.6) is 11.5 Å². The summed E-state index contributed by atoms with van der Waals surface area (Å²) in [4.78, 5) is 25.5. The molecule has 5 rings (SSSR count). The molecule has 1 N–H and O–H groups in total. The minimum Gasteiger partial charge on any atom is -0.495 e. The molecular formula is C27H23ClN4O6S2. The Morgan fingerprint density at radius 1 is 1.10 bits per heavy atom. The quantitative estimate of drug-likeness (QED) is 0.293. The minimum atomic E-state index is -4.30. The lowest BCUT2D eigenvalue weighted by molar-refractivity contribution is -0.123. The molecule has 1 aliphatic heterocycles. The Hall–Kier alpha value is -4.00. The topological polar surface area (TPSA) is 128 Å². The summed E-state index contributed by atoms with van der Waals surface area (Å²) in [5.74, 6) is -0.770. The number of nitrogens with zero attached hydrogens (tertiary/aromatic N) is 3. The van der Waals surface area contributed by atoms with Crippen molar-refractivity contribution in [3.63, 3.8) is 0 Å². The van der Waals surface area contributed by atoms with Gasteiger partial charge in [0.05, 0.1) is 7.11 Å². The van der Waals surface area contributed by atoms with E-state index in [9.17, 15) is 18.0 Å². The van der Waals surface area contributed by atoms with Crippen molar-refractivity contribution in [3.05, 3.63) is 94.0 Å². The second-order valence-corrected chi connectivity index (χ2v) is 12.1. The second-order valence-electron chi connectivity index (χ2n) is 8.80. The molecule has 40 heavy (non-hydrogen) atoms. The van der Waals surface area contributed by atoms with E-state index in [0.717, 1.165) is 21.2 Å². The van der Waals surface area contributed by atoms with Gasteiger partial charge in [0.1, 0.15) is 23.0 Å². The number of anilines is 1. The van der Waals surface area contributed by atoms with Gasteiger partial charge < -0.3 is 9.47 Å². The number of nitrogens with one attached hydrogen (secondary N) is 1. The van der Waals surface area contributed by atoms with Crippen molar-refractivity contribution in [1.29, 1.82) is 0 Å². The maximum Gasteiger partial charge on any atom is 0.270 e. The van der Waals surface area contributed by atoms with Gasteiger partial charge in [-0.05, 0) is 48.0 Å². The summed E-state index contributed by atoms with van der Waals surface area (Å²) in [6.45, 7) is 0.129. The van der Waals surface area contributed by atoms with E-state index in [1.165, 1.54) is 25.3 Å². The first-order valence-corrected chi connectivity index (χ1v) is 14.7. The first-order chi connectivity index (χ1) is 19.2. The Balaban J connectivity index is 1.31. The van der Waals surface area contributed by atoms with E-state index in [2.05, 4.69) is 15.5 Å². The lowest BCUT2D eigenvalue weighted by Gasteiger charge is -2.19. The van der Waals surface area contributed by atoms with Crippen LogP contribution in [0, 0.1) is 0 Å². The van der Waals surface area contributed by atoms with Crippen LogP contribution in [0.25, 0.3) is 0 Å². The van der Waals surface area contributed by atoms with Crippen molar-refractivity contribution in [2.45, 2.75) is 23.8 Å². The van der Waals surface area contributed by atoms with Crippen LogP contribution in [-0.2, 0) is 21.4 Å². The number of benzene rings is 3. The predicted octanol–water partition coefficient (Wildman–Crippen LogP) is 4.74. The smallest absolute Gasteiger partial charge is 0.270 e. The number of amides is 2. The molecule has 206 valence electrons. The highest BCUT2D eigenvalue weighted by atomic mass is 35.5. The highest BCUT2D eigenvalue weighted by molar-refractivity contribution is 7.89. The summed E-state index contributed by atoms with van der Waals surface area (Å²) < 4.78 is 39.0. The van der Waals surface area contributed by atoms with Gasteiger partial charge in [-0.25, -0.2) is 12.7 Å². The molecule has 1 aliphatic rings. The molecule has 3 aromatic carbocycles. The van der Waals surface area contributed by atoms with E-state index >= 15 is 0 Å². The van der Waals surface area contributed by atoms with Gasteiger partial charge in [0.15, 0.2) is 5.01 Å². The Bertz CT molecular complexity index is 1650. The molecule has 1 aromatic heterocycles. The van der Waals surface area contributed by atoms with Crippen LogP contribution in [0.2, 0.25) is 5.02 Å². The number of methoxy groups -OCH3 is 1. The molecule has 2 heterocycles. The van der Waals surface area contributed by atoms with Crippen LogP contribution < -0.4 is 14.8 Å². The average Bonchev–Trinajstić information content (AvgIpc) is 3.59. The third-order valence-corrected chi connectivity index (χ3v) is 9.09. The number of ether oxygens (including phenoxy) is 2. The zero-order valence-corrected chi connectivity index (χ0v) is 23.5. The van der Waals surface area contributed by atoms with Crippen molar-refractivity contribution in [2.24, 2.45) is 0 Å². The minimum absolute atomic E-state index is 0.00356. The number of carbonyl (C=O) groups excluding carboxylic acids is 2. The molecular weight excluding hydrogens is 576 g/mol. The Morgan fingerprint density at radius 3 is 2.58 bits per heavy atom. The monoisotopic (exact) mass is 598 g/mol. The van der Waals surface area contributed by atoms with E-state index in [1.54, 1.807) is 24.3 Å². The SMILES string of the molecule is COc1ccc(C(=O)Nc2nnc(COc3ccc(Cl)cc3)s2)cc1S(=O)(=O)N1C[C@H](c2ccccc2)CC1=O. The Morgan fingerprint density at radius 2 is 1.85 bits per heavy atom. The molecule has 0 bridgehead atoms. The van der Waals surface area contributed by atoms with E-state index in [0.29, 0.717) is 15.8 Å². The first kappa shape index (κ1) is 27.6. The fourth-order valence-corrected chi connectivity index (χ4v) is 6.62. The first-order valence-electron chi connectivity index (χ1n) is 12.1. The van der Waals surface area contributed by atoms with Crippen molar-refractivity contribution in [3.8, 4) is 11.5 Å². The standard InChI is InChI=1S/C27H23ClN4O6S2/c1-37-22-12-7-18(26(34)29-27-31-30-24(39-27)16-38-21-10-8-20(28)9-11-21)13-23(22)40(35,36)32-15-19(14-25(32)33)17-5-3-2-4-6-17/h2-13,19H,14-16H2,1H3,(H,29,31,34)/t19-/m1/s1. The summed E-state index contributed by atoms with van der Waals surface area (Å²) in [6, 6.07) is 20.1. The molecule has 1 fully saturated rings. The molecule has 0 radical (unpaired) electrons. The van der Waals surface area contributed by atoms with Gasteiger partial charge >= 0.3 is 0 Å². The third-order valence-electron chi connectivity index (χ3n) is 6.21. The number of halogens is 1. The number of rotatable bonds is 9. The van der Waals surface area contributed by atoms with E-state index in [1.807, 2.05) is 30.3 Å². The van der Waals surface area contributed by atoms with E-state index in [4.69, 9.17) is 21.1 Å². The van der Waals surface area contributed by atoms with E-state index in [-0.39, 0.29) is 46.8 Å². The van der Waals surface area contributed by atoms with Crippen LogP contribution in [0.4, 0.5) is 5.13 Å². The fraction of sp³-hybridized carbons (Fsp3) is 0.185. The van der Waals surface area contributed by atoms with Crippen molar-refractivity contribution in [1.82, 2.24) is 14.5 Å². The van der Waals surface area contributed by atoms with Crippen LogP contribution in [0.3, 0.4) is 0 Å².